The molecule has 1 atom stereocenters. The molecule has 0 bridgehead atoms. The van der Waals surface area contributed by atoms with Gasteiger partial charge in [-0.15, -0.1) is 0 Å². The van der Waals surface area contributed by atoms with E-state index in [4.69, 9.17) is 10.5 Å². The standard InChI is InChI=1S/C22H19F3IN5O3S/c1-11(12-3-6-14(23)7-4-12)34-17-9-13(5-8-16(17)30-35(32,33)22(24)25)19-18-20(31(2)29-19)15(26)10-28-21(18)27/h3-11,22,30H,1-2H3,(H2,27,28). The van der Waals surface area contributed by atoms with Crippen molar-refractivity contribution >= 4 is 55.0 Å². The molecule has 1 unspecified atom stereocenters. The van der Waals surface area contributed by atoms with Crippen molar-refractivity contribution in [1.29, 1.82) is 0 Å². The van der Waals surface area contributed by atoms with Crippen molar-refractivity contribution in [2.24, 2.45) is 7.05 Å². The molecule has 2 aromatic carbocycles. The predicted octanol–water partition coefficient (Wildman–Crippen LogP) is 5.07. The first-order valence-corrected chi connectivity index (χ1v) is 12.7. The second-order valence-electron chi connectivity index (χ2n) is 7.62. The molecule has 0 radical (unpaired) electrons. The monoisotopic (exact) mass is 617 g/mol. The van der Waals surface area contributed by atoms with E-state index in [0.717, 1.165) is 9.09 Å². The summed E-state index contributed by atoms with van der Waals surface area (Å²) in [6.07, 6.45) is 0.943. The molecule has 8 nitrogen and oxygen atoms in total. The number of pyridine rings is 1. The highest BCUT2D eigenvalue weighted by Gasteiger charge is 2.26. The normalized spacial score (nSPS) is 12.8. The summed E-state index contributed by atoms with van der Waals surface area (Å²) in [7, 11) is -3.22. The molecule has 0 aliphatic heterocycles. The molecule has 2 heterocycles. The number of nitrogen functional groups attached to an aromatic ring is 1. The summed E-state index contributed by atoms with van der Waals surface area (Å²) in [6.45, 7) is 1.66. The van der Waals surface area contributed by atoms with Crippen LogP contribution in [-0.4, -0.2) is 28.9 Å². The Labute approximate surface area is 212 Å². The number of sulfonamides is 1. The average Bonchev–Trinajstić information content (AvgIpc) is 3.16. The van der Waals surface area contributed by atoms with Gasteiger partial charge in [-0.2, -0.15) is 13.9 Å². The predicted molar refractivity (Wildman–Crippen MR) is 135 cm³/mol. The minimum absolute atomic E-state index is 0.0282. The first kappa shape index (κ1) is 25.0. The number of fused-ring (bicyclic) bond motifs is 1. The number of halogens is 4. The molecule has 0 aliphatic rings. The van der Waals surface area contributed by atoms with Crippen LogP contribution in [0.2, 0.25) is 0 Å². The van der Waals surface area contributed by atoms with Crippen LogP contribution in [0.15, 0.2) is 48.7 Å². The number of alkyl halides is 2. The minimum atomic E-state index is -4.96. The second-order valence-corrected chi connectivity index (χ2v) is 10.4. The number of nitrogens with one attached hydrogen (secondary N) is 1. The van der Waals surface area contributed by atoms with E-state index in [9.17, 15) is 21.6 Å². The number of aryl methyl sites for hydroxylation is 1. The molecule has 184 valence electrons. The molecule has 4 aromatic rings. The van der Waals surface area contributed by atoms with Gasteiger partial charge in [-0.3, -0.25) is 9.40 Å². The van der Waals surface area contributed by atoms with Gasteiger partial charge in [-0.05, 0) is 59.3 Å². The molecule has 2 aromatic heterocycles. The highest BCUT2D eigenvalue weighted by molar-refractivity contribution is 14.1. The van der Waals surface area contributed by atoms with Crippen molar-refractivity contribution in [2.45, 2.75) is 18.8 Å². The van der Waals surface area contributed by atoms with Gasteiger partial charge in [-0.25, -0.2) is 17.8 Å². The molecule has 0 saturated heterocycles. The van der Waals surface area contributed by atoms with E-state index >= 15 is 0 Å². The Balaban J connectivity index is 1.83. The van der Waals surface area contributed by atoms with Crippen molar-refractivity contribution in [2.75, 3.05) is 10.5 Å². The van der Waals surface area contributed by atoms with Crippen molar-refractivity contribution in [3.63, 3.8) is 0 Å². The van der Waals surface area contributed by atoms with Crippen molar-refractivity contribution < 1.29 is 26.3 Å². The van der Waals surface area contributed by atoms with E-state index in [1.54, 1.807) is 24.9 Å². The number of ether oxygens (including phenoxy) is 1. The number of hydrogen-bond acceptors (Lipinski definition) is 6. The maximum atomic E-state index is 13.3. The smallest absolute Gasteiger partial charge is 0.355 e. The molecule has 0 spiro atoms. The SMILES string of the molecule is CC(Oc1cc(-c2nn(C)c3c(I)cnc(N)c23)ccc1NS(=O)(=O)C(F)F)c1ccc(F)cc1. The Kier molecular flexibility index (Phi) is 6.81. The van der Waals surface area contributed by atoms with Gasteiger partial charge < -0.3 is 10.5 Å². The fraction of sp³-hybridized carbons (Fsp3) is 0.182. The fourth-order valence-corrected chi connectivity index (χ4v) is 4.86. The van der Waals surface area contributed by atoms with Gasteiger partial charge in [0.15, 0.2) is 0 Å². The van der Waals surface area contributed by atoms with Gasteiger partial charge in [0.2, 0.25) is 0 Å². The lowest BCUT2D eigenvalue weighted by Gasteiger charge is -2.19. The lowest BCUT2D eigenvalue weighted by atomic mass is 10.1. The first-order valence-electron chi connectivity index (χ1n) is 10.1. The maximum Gasteiger partial charge on any atom is 0.355 e. The third kappa shape index (κ3) is 5.00. The van der Waals surface area contributed by atoms with E-state index in [1.807, 2.05) is 4.72 Å². The molecule has 0 saturated carbocycles. The van der Waals surface area contributed by atoms with Crippen molar-refractivity contribution in [3.8, 4) is 17.0 Å². The number of nitrogens with two attached hydrogens (primary N) is 1. The summed E-state index contributed by atoms with van der Waals surface area (Å²) in [6, 6.07) is 9.82. The zero-order valence-corrected chi connectivity index (χ0v) is 21.3. The summed E-state index contributed by atoms with van der Waals surface area (Å²) in [5.74, 6) is -3.86. The number of rotatable bonds is 7. The van der Waals surface area contributed by atoms with E-state index in [-0.39, 0.29) is 17.3 Å². The lowest BCUT2D eigenvalue weighted by Crippen LogP contribution is -2.21. The number of benzene rings is 2. The molecule has 13 heteroatoms. The van der Waals surface area contributed by atoms with E-state index in [1.165, 1.54) is 42.5 Å². The number of anilines is 2. The van der Waals surface area contributed by atoms with Gasteiger partial charge in [0.25, 0.3) is 10.0 Å². The molecular weight excluding hydrogens is 598 g/mol. The average molecular weight is 617 g/mol. The van der Waals surface area contributed by atoms with Crippen LogP contribution in [0.3, 0.4) is 0 Å². The van der Waals surface area contributed by atoms with Crippen molar-refractivity contribution in [1.82, 2.24) is 14.8 Å². The van der Waals surface area contributed by atoms with Crippen LogP contribution in [0.25, 0.3) is 22.2 Å². The number of nitrogens with zero attached hydrogens (tertiary/aromatic N) is 3. The number of aromatic nitrogens is 3. The quantitative estimate of drug-likeness (QED) is 0.281. The van der Waals surface area contributed by atoms with Crippen LogP contribution >= 0.6 is 22.6 Å². The third-order valence-electron chi connectivity index (χ3n) is 5.23. The van der Waals surface area contributed by atoms with Crippen LogP contribution in [0.1, 0.15) is 18.6 Å². The molecule has 3 N–H and O–H groups in total. The molecule has 0 aliphatic carbocycles. The summed E-state index contributed by atoms with van der Waals surface area (Å²) in [5, 5.41) is 5.12. The fourth-order valence-electron chi connectivity index (χ4n) is 3.54. The summed E-state index contributed by atoms with van der Waals surface area (Å²) >= 11 is 2.11. The second kappa shape index (κ2) is 9.53. The largest absolute Gasteiger partial charge is 0.484 e. The van der Waals surface area contributed by atoms with Crippen LogP contribution in [0.4, 0.5) is 24.7 Å². The Morgan fingerprint density at radius 3 is 2.51 bits per heavy atom. The van der Waals surface area contributed by atoms with Gasteiger partial charge in [0.05, 0.1) is 20.2 Å². The molecule has 35 heavy (non-hydrogen) atoms. The Morgan fingerprint density at radius 2 is 1.86 bits per heavy atom. The molecule has 4 rings (SSSR count). The topological polar surface area (TPSA) is 112 Å². The highest BCUT2D eigenvalue weighted by atomic mass is 127. The first-order chi connectivity index (χ1) is 16.5. The van der Waals surface area contributed by atoms with Crippen LogP contribution in [0.5, 0.6) is 5.75 Å². The van der Waals surface area contributed by atoms with Crippen molar-refractivity contribution in [3.05, 3.63) is 63.6 Å². The summed E-state index contributed by atoms with van der Waals surface area (Å²) in [4.78, 5) is 4.19. The van der Waals surface area contributed by atoms with Gasteiger partial charge in [-0.1, -0.05) is 18.2 Å². The summed E-state index contributed by atoms with van der Waals surface area (Å²) < 4.78 is 73.4. The zero-order valence-electron chi connectivity index (χ0n) is 18.3. The molecule has 0 amide bonds. The molecular formula is C22H19F3IN5O3S. The van der Waals surface area contributed by atoms with Crippen LogP contribution in [-0.2, 0) is 17.1 Å². The van der Waals surface area contributed by atoms with Crippen LogP contribution in [0, 0.1) is 9.39 Å². The highest BCUT2D eigenvalue weighted by Crippen LogP contribution is 2.38. The Bertz CT molecular complexity index is 1510. The zero-order chi connectivity index (χ0) is 25.5. The van der Waals surface area contributed by atoms with E-state index in [0.29, 0.717) is 22.2 Å². The Morgan fingerprint density at radius 1 is 1.17 bits per heavy atom. The van der Waals surface area contributed by atoms with Gasteiger partial charge in [0, 0.05) is 18.8 Å². The van der Waals surface area contributed by atoms with Gasteiger partial charge >= 0.3 is 5.76 Å². The van der Waals surface area contributed by atoms with Gasteiger partial charge in [0.1, 0.15) is 29.2 Å². The number of hydrogen-bond donors (Lipinski definition) is 2. The summed E-state index contributed by atoms with van der Waals surface area (Å²) in [5.41, 5.74) is 8.22. The minimum Gasteiger partial charge on any atom is -0.484 e. The van der Waals surface area contributed by atoms with Crippen LogP contribution < -0.4 is 15.2 Å². The Hall–Kier alpha value is -3.07. The van der Waals surface area contributed by atoms with E-state index in [2.05, 4.69) is 32.7 Å². The van der Waals surface area contributed by atoms with E-state index < -0.39 is 27.7 Å². The lowest BCUT2D eigenvalue weighted by molar-refractivity contribution is 0.228. The third-order valence-corrected chi connectivity index (χ3v) is 6.99. The molecule has 0 fully saturated rings. The maximum absolute atomic E-state index is 13.3.